The lowest BCUT2D eigenvalue weighted by Gasteiger charge is -2.39. The molecule has 1 aliphatic carbocycles. The number of aromatic nitrogens is 2. The fourth-order valence-corrected chi connectivity index (χ4v) is 5.77. The van der Waals surface area contributed by atoms with Crippen molar-refractivity contribution < 1.29 is 23.0 Å². The number of ether oxygens (including phenoxy) is 2. The highest BCUT2D eigenvalue weighted by Crippen LogP contribution is 2.42. The highest BCUT2D eigenvalue weighted by atomic mass is 19.1. The van der Waals surface area contributed by atoms with Crippen LogP contribution in [-0.2, 0) is 11.3 Å². The number of nitrogens with one attached hydrogen (secondary N) is 1. The van der Waals surface area contributed by atoms with Gasteiger partial charge in [-0.3, -0.25) is 14.8 Å². The molecule has 42 heavy (non-hydrogen) atoms. The first kappa shape index (κ1) is 29.2. The van der Waals surface area contributed by atoms with Crippen LogP contribution in [0.2, 0.25) is 0 Å². The van der Waals surface area contributed by atoms with Crippen LogP contribution in [0.15, 0.2) is 52.8 Å². The summed E-state index contributed by atoms with van der Waals surface area (Å²) in [4.78, 5) is 26.4. The van der Waals surface area contributed by atoms with Crippen molar-refractivity contribution in [3.05, 3.63) is 71.2 Å². The molecular formula is C30H33F2N7O3. The van der Waals surface area contributed by atoms with E-state index in [9.17, 15) is 4.79 Å². The number of fused-ring (bicyclic) bond motifs is 8. The summed E-state index contributed by atoms with van der Waals surface area (Å²) in [5.74, 6) is 3.17. The van der Waals surface area contributed by atoms with Gasteiger partial charge in [0.1, 0.15) is 28.8 Å². The fraction of sp³-hybridized carbons (Fsp3) is 0.367. The Hall–Kier alpha value is -4.29. The summed E-state index contributed by atoms with van der Waals surface area (Å²) in [5, 5.41) is 6.36. The first-order valence-electron chi connectivity index (χ1n) is 13.8. The fourth-order valence-electron chi connectivity index (χ4n) is 5.77. The number of hydrogen-bond acceptors (Lipinski definition) is 9. The van der Waals surface area contributed by atoms with Gasteiger partial charge in [0, 0.05) is 25.1 Å². The summed E-state index contributed by atoms with van der Waals surface area (Å²) >= 11 is 0. The number of anilines is 1. The smallest absolute Gasteiger partial charge is 0.274 e. The molecule has 4 bridgehead atoms. The number of rotatable bonds is 5. The summed E-state index contributed by atoms with van der Waals surface area (Å²) in [6.07, 6.45) is 7.98. The standard InChI is InChI=1S/C30H33F2N7O3/c1-2-41-16-17-11-22(32)27-26(12-17)42-10-6-18-13-19(14-23(33)28(18)36-8-9-37-34)20-5-7-35-15-25(20)39-30(40)24-4-3-21(31)29(27)38-24/h3-5,7-9,11-12,15,18-19,23,28H,2,6,10,13-14,16,33-34H2,1H3,(H,39,40)/b36-8?,37-9-/t18-,19+,23+,28-/m0/s1. The summed E-state index contributed by atoms with van der Waals surface area (Å²) in [7, 11) is 0. The summed E-state index contributed by atoms with van der Waals surface area (Å²) in [6, 6.07) is 6.52. The van der Waals surface area contributed by atoms with E-state index in [2.05, 4.69) is 25.4 Å². The van der Waals surface area contributed by atoms with E-state index in [1.165, 1.54) is 24.6 Å². The molecule has 10 nitrogen and oxygen atoms in total. The second kappa shape index (κ2) is 13.1. The number of carbonyl (C=O) groups excluding carboxylic acids is 1. The number of nitrogens with two attached hydrogens (primary N) is 2. The van der Waals surface area contributed by atoms with Crippen molar-refractivity contribution in [3.8, 4) is 17.0 Å². The van der Waals surface area contributed by atoms with E-state index in [0.717, 1.165) is 11.6 Å². The van der Waals surface area contributed by atoms with E-state index in [-0.39, 0.29) is 59.8 Å². The monoisotopic (exact) mass is 577 g/mol. The Balaban J connectivity index is 1.62. The number of nitrogens with zero attached hydrogens (tertiary/aromatic N) is 4. The largest absolute Gasteiger partial charge is 0.493 e. The second-order valence-electron chi connectivity index (χ2n) is 10.3. The van der Waals surface area contributed by atoms with E-state index in [4.69, 9.17) is 21.1 Å². The third kappa shape index (κ3) is 6.29. The highest BCUT2D eigenvalue weighted by Gasteiger charge is 2.37. The minimum absolute atomic E-state index is 0.0117. The van der Waals surface area contributed by atoms with Crippen molar-refractivity contribution in [1.82, 2.24) is 9.97 Å². The van der Waals surface area contributed by atoms with Gasteiger partial charge in [-0.2, -0.15) is 5.10 Å². The van der Waals surface area contributed by atoms with Crippen LogP contribution < -0.4 is 21.6 Å². The molecule has 1 aliphatic heterocycles. The molecule has 1 aromatic carbocycles. The van der Waals surface area contributed by atoms with Gasteiger partial charge < -0.3 is 26.4 Å². The molecule has 5 N–H and O–H groups in total. The Bertz CT molecular complexity index is 1500. The minimum Gasteiger partial charge on any atom is -0.493 e. The van der Waals surface area contributed by atoms with Gasteiger partial charge in [-0.15, -0.1) is 0 Å². The zero-order valence-electron chi connectivity index (χ0n) is 23.2. The SMILES string of the molecule is CCOCc1cc(F)c2c(c1)OCC[C@H]1C[C@H](C[C@@H](N)[C@H]1N=C/C=N\N)c1ccncc1NC(=O)c1ccc(F)c-2n1. The van der Waals surface area contributed by atoms with Crippen LogP contribution in [0.1, 0.15) is 53.7 Å². The molecule has 220 valence electrons. The number of hydrogen-bond donors (Lipinski definition) is 3. The van der Waals surface area contributed by atoms with Crippen LogP contribution in [0.5, 0.6) is 5.75 Å². The van der Waals surface area contributed by atoms with Gasteiger partial charge in [0.15, 0.2) is 0 Å². The van der Waals surface area contributed by atoms with E-state index in [1.54, 1.807) is 18.5 Å². The molecule has 1 fully saturated rings. The van der Waals surface area contributed by atoms with Gasteiger partial charge in [0.25, 0.3) is 5.91 Å². The van der Waals surface area contributed by atoms with Crippen LogP contribution in [-0.4, -0.2) is 53.6 Å². The molecule has 3 heterocycles. The lowest BCUT2D eigenvalue weighted by Crippen LogP contribution is -2.45. The molecule has 2 aliphatic rings. The number of halogens is 2. The molecule has 2 aromatic heterocycles. The quantitative estimate of drug-likeness (QED) is 0.234. The molecule has 0 radical (unpaired) electrons. The molecule has 0 spiro atoms. The van der Waals surface area contributed by atoms with Crippen molar-refractivity contribution in [2.45, 2.75) is 50.8 Å². The van der Waals surface area contributed by atoms with Crippen LogP contribution in [0, 0.1) is 17.6 Å². The number of pyridine rings is 2. The van der Waals surface area contributed by atoms with E-state index >= 15 is 8.78 Å². The average molecular weight is 578 g/mol. The predicted octanol–water partition coefficient (Wildman–Crippen LogP) is 4.20. The molecule has 5 rings (SSSR count). The van der Waals surface area contributed by atoms with Crippen molar-refractivity contribution in [2.75, 3.05) is 18.5 Å². The van der Waals surface area contributed by atoms with E-state index in [1.807, 2.05) is 13.0 Å². The molecule has 3 aromatic rings. The molecule has 4 atom stereocenters. The van der Waals surface area contributed by atoms with E-state index < -0.39 is 17.5 Å². The minimum atomic E-state index is -0.794. The number of benzene rings is 1. The summed E-state index contributed by atoms with van der Waals surface area (Å²) in [6.45, 7) is 2.59. The van der Waals surface area contributed by atoms with Crippen molar-refractivity contribution >= 4 is 24.0 Å². The Morgan fingerprint density at radius 1 is 1.19 bits per heavy atom. The van der Waals surface area contributed by atoms with Crippen molar-refractivity contribution in [1.29, 1.82) is 0 Å². The number of aliphatic imine (C=N–C) groups is 1. The van der Waals surface area contributed by atoms with Gasteiger partial charge in [0.2, 0.25) is 0 Å². The maximum atomic E-state index is 15.6. The van der Waals surface area contributed by atoms with Gasteiger partial charge >= 0.3 is 0 Å². The van der Waals surface area contributed by atoms with Crippen molar-refractivity contribution in [3.63, 3.8) is 0 Å². The average Bonchev–Trinajstić information content (AvgIpc) is 2.97. The zero-order valence-corrected chi connectivity index (χ0v) is 23.2. The van der Waals surface area contributed by atoms with Crippen molar-refractivity contribution in [2.24, 2.45) is 27.6 Å². The normalized spacial score (nSPS) is 22.5. The van der Waals surface area contributed by atoms with Gasteiger partial charge in [0.05, 0.1) is 42.9 Å². The van der Waals surface area contributed by atoms with Crippen LogP contribution >= 0.6 is 0 Å². The predicted molar refractivity (Wildman–Crippen MR) is 156 cm³/mol. The molecule has 1 amide bonds. The molecule has 12 heteroatoms. The molecular weight excluding hydrogens is 544 g/mol. The first-order valence-corrected chi connectivity index (χ1v) is 13.8. The lowest BCUT2D eigenvalue weighted by molar-refractivity contribution is 0.102. The molecule has 0 unspecified atom stereocenters. The zero-order chi connectivity index (χ0) is 29.6. The Labute approximate surface area is 242 Å². The third-order valence-corrected chi connectivity index (χ3v) is 7.67. The van der Waals surface area contributed by atoms with E-state index in [0.29, 0.717) is 37.1 Å². The van der Waals surface area contributed by atoms with Crippen LogP contribution in [0.3, 0.4) is 0 Å². The number of carbonyl (C=O) groups is 1. The summed E-state index contributed by atoms with van der Waals surface area (Å²) in [5.41, 5.74) is 7.97. The third-order valence-electron chi connectivity index (χ3n) is 7.67. The maximum Gasteiger partial charge on any atom is 0.274 e. The van der Waals surface area contributed by atoms with Gasteiger partial charge in [-0.25, -0.2) is 13.8 Å². The van der Waals surface area contributed by atoms with Gasteiger partial charge in [-0.05, 0) is 79.5 Å². The van der Waals surface area contributed by atoms with Crippen LogP contribution in [0.4, 0.5) is 14.5 Å². The molecule has 1 saturated carbocycles. The summed E-state index contributed by atoms with van der Waals surface area (Å²) < 4.78 is 42.5. The van der Waals surface area contributed by atoms with Gasteiger partial charge in [-0.1, -0.05) is 0 Å². The second-order valence-corrected chi connectivity index (χ2v) is 10.3. The Morgan fingerprint density at radius 3 is 2.86 bits per heavy atom. The number of hydrazone groups is 1. The maximum absolute atomic E-state index is 15.6. The van der Waals surface area contributed by atoms with Crippen LogP contribution in [0.25, 0.3) is 11.3 Å². The Kier molecular flexibility index (Phi) is 9.13. The highest BCUT2D eigenvalue weighted by molar-refractivity contribution is 6.15. The number of amides is 1. The Morgan fingerprint density at radius 2 is 2.05 bits per heavy atom. The molecule has 0 saturated heterocycles. The first-order chi connectivity index (χ1) is 20.4. The topological polar surface area (TPSA) is 150 Å². The lowest BCUT2D eigenvalue weighted by atomic mass is 9.71.